The van der Waals surface area contributed by atoms with Crippen LogP contribution >= 0.6 is 0 Å². The predicted molar refractivity (Wildman–Crippen MR) is 215 cm³/mol. The number of benzene rings is 2. The van der Waals surface area contributed by atoms with Gasteiger partial charge in [0.25, 0.3) is 0 Å². The first-order chi connectivity index (χ1) is 26.8. The van der Waals surface area contributed by atoms with Gasteiger partial charge in [0.1, 0.15) is 11.9 Å². The minimum absolute atomic E-state index is 0.0441. The Morgan fingerprint density at radius 2 is 1.82 bits per heavy atom. The molecule has 2 aromatic carbocycles. The lowest BCUT2D eigenvalue weighted by atomic mass is 9.85. The Hall–Kier alpha value is -4.44. The largest absolute Gasteiger partial charge is 0.492 e. The van der Waals surface area contributed by atoms with E-state index in [4.69, 9.17) is 18.9 Å². The van der Waals surface area contributed by atoms with E-state index in [2.05, 4.69) is 32.8 Å². The van der Waals surface area contributed by atoms with Crippen molar-refractivity contribution in [3.63, 3.8) is 0 Å². The number of aromatic nitrogens is 3. The van der Waals surface area contributed by atoms with Crippen molar-refractivity contribution in [2.24, 2.45) is 0 Å². The molecular formula is C41H55N7O7S. The third-order valence-electron chi connectivity index (χ3n) is 11.0. The number of pyridine rings is 1. The Morgan fingerprint density at radius 3 is 2.52 bits per heavy atom. The number of carbonyl (C=O) groups excluding carboxylic acids is 1. The molecule has 4 aromatic rings. The van der Waals surface area contributed by atoms with Crippen molar-refractivity contribution in [2.75, 3.05) is 56.3 Å². The molecule has 4 heterocycles. The maximum Gasteiger partial charge on any atom is 0.319 e. The fraction of sp³-hybridized carbons (Fsp3) is 0.537. The summed E-state index contributed by atoms with van der Waals surface area (Å²) in [5.74, 6) is 1.88. The number of sulfonamides is 1. The Labute approximate surface area is 329 Å². The summed E-state index contributed by atoms with van der Waals surface area (Å²) < 4.78 is 54.0. The van der Waals surface area contributed by atoms with Crippen LogP contribution in [-0.4, -0.2) is 87.0 Å². The van der Waals surface area contributed by atoms with Crippen LogP contribution in [-0.2, 0) is 24.9 Å². The van der Waals surface area contributed by atoms with Gasteiger partial charge < -0.3 is 29.6 Å². The van der Waals surface area contributed by atoms with Crippen molar-refractivity contribution in [1.29, 1.82) is 0 Å². The molecule has 2 fully saturated rings. The first-order valence-electron chi connectivity index (χ1n) is 19.6. The highest BCUT2D eigenvalue weighted by Crippen LogP contribution is 2.43. The first-order valence-corrected chi connectivity index (χ1v) is 21.5. The molecule has 7 rings (SSSR count). The zero-order valence-corrected chi connectivity index (χ0v) is 34.1. The number of amides is 2. The molecule has 15 heteroatoms. The summed E-state index contributed by atoms with van der Waals surface area (Å²) in [7, 11) is -0.185. The van der Waals surface area contributed by atoms with Gasteiger partial charge in [0.2, 0.25) is 10.0 Å². The molecule has 2 saturated heterocycles. The summed E-state index contributed by atoms with van der Waals surface area (Å²) in [5, 5.41) is 15.1. The zero-order valence-electron chi connectivity index (χ0n) is 33.3. The summed E-state index contributed by atoms with van der Waals surface area (Å²) in [4.78, 5) is 16.2. The lowest BCUT2D eigenvalue weighted by Crippen LogP contribution is -2.37. The molecule has 2 aliphatic heterocycles. The molecule has 0 saturated carbocycles. The average molecular weight is 790 g/mol. The van der Waals surface area contributed by atoms with E-state index in [0.717, 1.165) is 78.8 Å². The maximum atomic E-state index is 13.9. The third kappa shape index (κ3) is 8.75. The standard InChI is InChI=1S/C41H55N7O7S/c1-41(2,3)27-24-32(38(52-5)34(25-27)48(56(6,50)51)21-23-54-37-15-9-10-22-53-37)43-40(49)42-31-17-18-35(30-13-8-7-12-29(30)31)55-28-16-19-36-44-45-39(47(36)26-28)33-14-11-20-46(33)4/h7-8,12-13,16,19,24-26,31,33,35,37H,9-11,14-15,17-18,20-23H2,1-6H3,(H2,42,43,49)/t31-,33-,35+,37?/m0/s1. The first kappa shape index (κ1) is 39.8. The molecule has 302 valence electrons. The summed E-state index contributed by atoms with van der Waals surface area (Å²) in [6, 6.07) is 15.0. The van der Waals surface area contributed by atoms with Gasteiger partial charge in [0, 0.05) is 6.61 Å². The summed E-state index contributed by atoms with van der Waals surface area (Å²) >= 11 is 0. The maximum absolute atomic E-state index is 13.9. The van der Waals surface area contributed by atoms with Gasteiger partial charge in [-0.2, -0.15) is 0 Å². The van der Waals surface area contributed by atoms with Crippen LogP contribution in [0.25, 0.3) is 5.65 Å². The normalized spacial score (nSPS) is 21.8. The van der Waals surface area contributed by atoms with Gasteiger partial charge in [0.15, 0.2) is 23.5 Å². The Kier molecular flexibility index (Phi) is 11.8. The SMILES string of the molecule is COc1c(NC(=O)N[C@H]2CC[C@@H](Oc3ccc4nnc([C@@H]5CCCN5C)n4c3)c3ccccc32)cc(C(C)(C)C)cc1N(CCOC1CCCCO1)S(C)(=O)=O. The molecule has 2 N–H and O–H groups in total. The monoisotopic (exact) mass is 789 g/mol. The summed E-state index contributed by atoms with van der Waals surface area (Å²) in [6.07, 6.45) is 8.79. The van der Waals surface area contributed by atoms with Crippen molar-refractivity contribution in [2.45, 2.75) is 95.6 Å². The van der Waals surface area contributed by atoms with Crippen LogP contribution in [0.1, 0.15) is 106 Å². The minimum atomic E-state index is -3.78. The van der Waals surface area contributed by atoms with E-state index in [0.29, 0.717) is 30.8 Å². The van der Waals surface area contributed by atoms with Crippen LogP contribution in [0.4, 0.5) is 16.2 Å². The summed E-state index contributed by atoms with van der Waals surface area (Å²) in [6.45, 7) is 7.94. The second-order valence-electron chi connectivity index (χ2n) is 16.1. The van der Waals surface area contributed by atoms with Crippen LogP contribution in [0, 0.1) is 0 Å². The molecule has 4 atom stereocenters. The highest BCUT2D eigenvalue weighted by Gasteiger charge is 2.32. The number of hydrogen-bond donors (Lipinski definition) is 2. The van der Waals surface area contributed by atoms with Gasteiger partial charge in [-0.3, -0.25) is 13.6 Å². The van der Waals surface area contributed by atoms with Gasteiger partial charge in [-0.15, -0.1) is 10.2 Å². The van der Waals surface area contributed by atoms with Gasteiger partial charge in [0.05, 0.1) is 56.2 Å². The van der Waals surface area contributed by atoms with Crippen molar-refractivity contribution < 1.29 is 32.2 Å². The lowest BCUT2D eigenvalue weighted by Gasteiger charge is -2.32. The topological polar surface area (TPSA) is 149 Å². The zero-order chi connectivity index (χ0) is 39.6. The van der Waals surface area contributed by atoms with E-state index in [1.807, 2.05) is 79.9 Å². The van der Waals surface area contributed by atoms with E-state index in [-0.39, 0.29) is 48.8 Å². The number of nitrogens with zero attached hydrogens (tertiary/aromatic N) is 5. The van der Waals surface area contributed by atoms with Crippen LogP contribution < -0.4 is 24.4 Å². The molecule has 1 aliphatic carbocycles. The van der Waals surface area contributed by atoms with Crippen LogP contribution in [0.3, 0.4) is 0 Å². The molecule has 2 aromatic heterocycles. The molecule has 14 nitrogen and oxygen atoms in total. The third-order valence-corrected chi connectivity index (χ3v) is 12.2. The fourth-order valence-corrected chi connectivity index (χ4v) is 8.94. The molecule has 0 radical (unpaired) electrons. The molecule has 1 unspecified atom stereocenters. The number of anilines is 2. The number of nitrogens with one attached hydrogen (secondary N) is 2. The van der Waals surface area contributed by atoms with E-state index in [1.54, 1.807) is 0 Å². The predicted octanol–water partition coefficient (Wildman–Crippen LogP) is 6.89. The second kappa shape index (κ2) is 16.6. The van der Waals surface area contributed by atoms with Gasteiger partial charge in [-0.1, -0.05) is 45.0 Å². The van der Waals surface area contributed by atoms with E-state index >= 15 is 0 Å². The number of methoxy groups -OCH3 is 1. The number of urea groups is 1. The van der Waals surface area contributed by atoms with Crippen molar-refractivity contribution >= 4 is 33.1 Å². The number of ether oxygens (including phenoxy) is 4. The van der Waals surface area contributed by atoms with Crippen molar-refractivity contribution in [3.8, 4) is 11.5 Å². The van der Waals surface area contributed by atoms with Crippen LogP contribution in [0.5, 0.6) is 11.5 Å². The minimum Gasteiger partial charge on any atom is -0.492 e. The van der Waals surface area contributed by atoms with Crippen molar-refractivity contribution in [3.05, 3.63) is 77.2 Å². The van der Waals surface area contributed by atoms with Crippen LogP contribution in [0.2, 0.25) is 0 Å². The average Bonchev–Trinajstić information content (AvgIpc) is 3.78. The smallest absolute Gasteiger partial charge is 0.319 e. The number of rotatable bonds is 12. The second-order valence-corrected chi connectivity index (χ2v) is 18.0. The number of likely N-dealkylation sites (tertiary alicyclic amines) is 1. The highest BCUT2D eigenvalue weighted by molar-refractivity contribution is 7.92. The van der Waals surface area contributed by atoms with E-state index in [1.165, 1.54) is 11.4 Å². The number of fused-ring (bicyclic) bond motifs is 2. The van der Waals surface area contributed by atoms with E-state index < -0.39 is 16.1 Å². The van der Waals surface area contributed by atoms with Gasteiger partial charge in [-0.25, -0.2) is 13.2 Å². The van der Waals surface area contributed by atoms with Crippen molar-refractivity contribution in [1.82, 2.24) is 24.8 Å². The highest BCUT2D eigenvalue weighted by atomic mass is 32.2. The lowest BCUT2D eigenvalue weighted by molar-refractivity contribution is -0.160. The molecular weight excluding hydrogens is 735 g/mol. The molecule has 0 bridgehead atoms. The Bertz CT molecular complexity index is 2130. The Balaban J connectivity index is 1.09. The van der Waals surface area contributed by atoms with Crippen LogP contribution in [0.15, 0.2) is 54.7 Å². The van der Waals surface area contributed by atoms with Gasteiger partial charge >= 0.3 is 6.03 Å². The molecule has 56 heavy (non-hydrogen) atoms. The fourth-order valence-electron chi connectivity index (χ4n) is 8.04. The molecule has 3 aliphatic rings. The molecule has 0 spiro atoms. The Morgan fingerprint density at radius 1 is 1.02 bits per heavy atom. The number of hydrogen-bond acceptors (Lipinski definition) is 10. The van der Waals surface area contributed by atoms with Gasteiger partial charge in [-0.05, 0) is 105 Å². The van der Waals surface area contributed by atoms with E-state index in [9.17, 15) is 13.2 Å². The quantitative estimate of drug-likeness (QED) is 0.156. The number of carbonyl (C=O) groups is 1. The molecule has 2 amide bonds. The summed E-state index contributed by atoms with van der Waals surface area (Å²) in [5.41, 5.74) is 3.88.